The first-order valence-electron chi connectivity index (χ1n) is 13.4. The number of aryl methyl sites for hydroxylation is 1. The third kappa shape index (κ3) is 5.55. The lowest BCUT2D eigenvalue weighted by Gasteiger charge is -2.28. The van der Waals surface area contributed by atoms with E-state index in [0.717, 1.165) is 30.8 Å². The molecule has 0 bridgehead atoms. The van der Waals surface area contributed by atoms with Crippen molar-refractivity contribution in [3.8, 4) is 17.7 Å². The number of nitrogens with zero attached hydrogens (tertiary/aromatic N) is 7. The van der Waals surface area contributed by atoms with Gasteiger partial charge in [0.25, 0.3) is 6.43 Å². The van der Waals surface area contributed by atoms with Crippen molar-refractivity contribution >= 4 is 17.0 Å². The first-order valence-corrected chi connectivity index (χ1v) is 13.4. The maximum Gasteiger partial charge on any atom is 0.328 e. The molecule has 0 saturated carbocycles. The second-order valence-electron chi connectivity index (χ2n) is 9.96. The summed E-state index contributed by atoms with van der Waals surface area (Å²) in [5, 5.41) is 0. The van der Waals surface area contributed by atoms with Crippen LogP contribution in [0.5, 0.6) is 11.8 Å². The standard InChI is InChI=1S/C28H31F2N7O2/c1-19-9-10-23(20(17-19)18-35-11-5-2-6-12-35)39-28-33-26(36-13-15-38-16-14-36)32-27(34-28)37-22-8-4-3-7-21(22)31-25(37)24(29)30/h3-4,7-10,17,24H,2,5-6,11-16,18H2,1H3. The van der Waals surface area contributed by atoms with Crippen LogP contribution in [0.1, 0.15) is 42.6 Å². The number of fused-ring (bicyclic) bond motifs is 1. The van der Waals surface area contributed by atoms with Gasteiger partial charge in [0.05, 0.1) is 24.2 Å². The van der Waals surface area contributed by atoms with E-state index in [-0.39, 0.29) is 12.0 Å². The summed E-state index contributed by atoms with van der Waals surface area (Å²) in [7, 11) is 0. The van der Waals surface area contributed by atoms with Crippen molar-refractivity contribution in [1.29, 1.82) is 0 Å². The lowest BCUT2D eigenvalue weighted by atomic mass is 10.1. The molecule has 11 heteroatoms. The Morgan fingerprint density at radius 3 is 2.46 bits per heavy atom. The largest absolute Gasteiger partial charge is 0.424 e. The molecule has 0 spiro atoms. The van der Waals surface area contributed by atoms with Gasteiger partial charge >= 0.3 is 6.01 Å². The van der Waals surface area contributed by atoms with Crippen molar-refractivity contribution < 1.29 is 18.3 Å². The van der Waals surface area contributed by atoms with Gasteiger partial charge in [0.15, 0.2) is 5.82 Å². The molecule has 0 amide bonds. The highest BCUT2D eigenvalue weighted by Gasteiger charge is 2.25. The highest BCUT2D eigenvalue weighted by molar-refractivity contribution is 5.77. The van der Waals surface area contributed by atoms with Crippen LogP contribution in [0.2, 0.25) is 0 Å². The second kappa shape index (κ2) is 11.2. The molecule has 0 aliphatic carbocycles. The van der Waals surface area contributed by atoms with Gasteiger partial charge in [-0.2, -0.15) is 15.0 Å². The van der Waals surface area contributed by atoms with Gasteiger partial charge in [-0.05, 0) is 51.1 Å². The maximum atomic E-state index is 14.1. The zero-order valence-corrected chi connectivity index (χ0v) is 21.9. The first-order chi connectivity index (χ1) is 19.0. The van der Waals surface area contributed by atoms with Crippen LogP contribution in [0.4, 0.5) is 14.7 Å². The molecule has 2 aliphatic heterocycles. The number of aromatic nitrogens is 5. The Hall–Kier alpha value is -3.70. The van der Waals surface area contributed by atoms with E-state index >= 15 is 0 Å². The van der Waals surface area contributed by atoms with Gasteiger partial charge in [0.2, 0.25) is 11.9 Å². The second-order valence-corrected chi connectivity index (χ2v) is 9.96. The molecule has 6 rings (SSSR count). The minimum absolute atomic E-state index is 0.0372. The minimum Gasteiger partial charge on any atom is -0.424 e. The maximum absolute atomic E-state index is 14.1. The van der Waals surface area contributed by atoms with Crippen LogP contribution in [0.25, 0.3) is 17.0 Å². The molecule has 4 aromatic rings. The Kier molecular flexibility index (Phi) is 7.34. The number of para-hydroxylation sites is 2. The molecule has 2 aliphatic rings. The van der Waals surface area contributed by atoms with Gasteiger partial charge in [-0.1, -0.05) is 36.2 Å². The lowest BCUT2D eigenvalue weighted by Crippen LogP contribution is -2.37. The Labute approximate surface area is 225 Å². The molecule has 2 fully saturated rings. The normalized spacial score (nSPS) is 16.8. The highest BCUT2D eigenvalue weighted by atomic mass is 19.3. The average Bonchev–Trinajstić information content (AvgIpc) is 3.36. The van der Waals surface area contributed by atoms with E-state index in [1.165, 1.54) is 23.8 Å². The summed E-state index contributed by atoms with van der Waals surface area (Å²) in [5.74, 6) is 0.597. The molecular formula is C28H31F2N7O2. The monoisotopic (exact) mass is 535 g/mol. The van der Waals surface area contributed by atoms with E-state index in [1.54, 1.807) is 24.3 Å². The predicted octanol–water partition coefficient (Wildman–Crippen LogP) is 5.07. The van der Waals surface area contributed by atoms with Gasteiger partial charge in [-0.25, -0.2) is 13.8 Å². The van der Waals surface area contributed by atoms with Gasteiger partial charge in [0.1, 0.15) is 5.75 Å². The molecule has 0 unspecified atom stereocenters. The van der Waals surface area contributed by atoms with Crippen molar-refractivity contribution in [3.63, 3.8) is 0 Å². The van der Waals surface area contributed by atoms with E-state index in [2.05, 4.69) is 37.8 Å². The molecule has 39 heavy (non-hydrogen) atoms. The number of hydrogen-bond donors (Lipinski definition) is 0. The number of rotatable bonds is 7. The topological polar surface area (TPSA) is 81.4 Å². The molecule has 2 aromatic carbocycles. The van der Waals surface area contributed by atoms with Crippen LogP contribution >= 0.6 is 0 Å². The number of alkyl halides is 2. The van der Waals surface area contributed by atoms with E-state index < -0.39 is 12.2 Å². The quantitative estimate of drug-likeness (QED) is 0.325. The summed E-state index contributed by atoms with van der Waals surface area (Å²) in [6, 6.07) is 13.0. The number of imidazole rings is 1. The van der Waals surface area contributed by atoms with E-state index in [0.29, 0.717) is 49.0 Å². The summed E-state index contributed by atoms with van der Waals surface area (Å²) in [6.45, 7) is 7.09. The third-order valence-corrected chi connectivity index (χ3v) is 7.13. The van der Waals surface area contributed by atoms with Gasteiger partial charge in [0, 0.05) is 25.2 Å². The summed E-state index contributed by atoms with van der Waals surface area (Å²) in [4.78, 5) is 22.3. The molecule has 2 saturated heterocycles. The Morgan fingerprint density at radius 1 is 0.897 bits per heavy atom. The first kappa shape index (κ1) is 25.6. The van der Waals surface area contributed by atoms with Crippen molar-refractivity contribution in [2.75, 3.05) is 44.3 Å². The molecular weight excluding hydrogens is 504 g/mol. The SMILES string of the molecule is Cc1ccc(Oc2nc(N3CCOCC3)nc(-n3c(C(F)F)nc4ccccc43)n2)c(CN2CCCCC2)c1. The fourth-order valence-electron chi connectivity index (χ4n) is 5.18. The van der Waals surface area contributed by atoms with Crippen molar-refractivity contribution in [2.24, 2.45) is 0 Å². The zero-order valence-electron chi connectivity index (χ0n) is 21.9. The lowest BCUT2D eigenvalue weighted by molar-refractivity contribution is 0.122. The van der Waals surface area contributed by atoms with Crippen LogP contribution in [0.3, 0.4) is 0 Å². The van der Waals surface area contributed by atoms with Crippen molar-refractivity contribution in [2.45, 2.75) is 39.2 Å². The molecule has 4 heterocycles. The minimum atomic E-state index is -2.82. The van der Waals surface area contributed by atoms with E-state index in [9.17, 15) is 8.78 Å². The summed E-state index contributed by atoms with van der Waals surface area (Å²) < 4.78 is 41.4. The molecule has 2 aromatic heterocycles. The highest BCUT2D eigenvalue weighted by Crippen LogP contribution is 2.31. The van der Waals surface area contributed by atoms with E-state index in [1.807, 2.05) is 17.0 Å². The van der Waals surface area contributed by atoms with Crippen molar-refractivity contribution in [3.05, 3.63) is 59.4 Å². The number of ether oxygens (including phenoxy) is 2. The van der Waals surface area contributed by atoms with Gasteiger partial charge < -0.3 is 14.4 Å². The summed E-state index contributed by atoms with van der Waals surface area (Å²) in [6.07, 6.45) is 0.814. The smallest absolute Gasteiger partial charge is 0.328 e. The van der Waals surface area contributed by atoms with Crippen LogP contribution in [-0.4, -0.2) is 68.8 Å². The number of benzene rings is 2. The van der Waals surface area contributed by atoms with Gasteiger partial charge in [-0.3, -0.25) is 9.47 Å². The Morgan fingerprint density at radius 2 is 1.67 bits per heavy atom. The summed E-state index contributed by atoms with van der Waals surface area (Å²) >= 11 is 0. The molecule has 204 valence electrons. The fourth-order valence-corrected chi connectivity index (χ4v) is 5.18. The van der Waals surface area contributed by atoms with Gasteiger partial charge in [-0.15, -0.1) is 0 Å². The number of anilines is 1. The number of halogens is 2. The number of hydrogen-bond acceptors (Lipinski definition) is 8. The number of morpholine rings is 1. The Bertz CT molecular complexity index is 1450. The molecule has 0 radical (unpaired) electrons. The fraction of sp³-hybridized carbons (Fsp3) is 0.429. The van der Waals surface area contributed by atoms with Crippen molar-refractivity contribution in [1.82, 2.24) is 29.4 Å². The van der Waals surface area contributed by atoms with Crippen LogP contribution in [-0.2, 0) is 11.3 Å². The Balaban J connectivity index is 1.43. The molecule has 0 atom stereocenters. The van der Waals surface area contributed by atoms with E-state index in [4.69, 9.17) is 9.47 Å². The van der Waals surface area contributed by atoms with Crippen LogP contribution in [0, 0.1) is 6.92 Å². The zero-order chi connectivity index (χ0) is 26.8. The predicted molar refractivity (Wildman–Crippen MR) is 143 cm³/mol. The summed E-state index contributed by atoms with van der Waals surface area (Å²) in [5.41, 5.74) is 3.09. The number of piperidine rings is 1. The third-order valence-electron chi connectivity index (χ3n) is 7.13. The molecule has 0 N–H and O–H groups in total. The molecule has 9 nitrogen and oxygen atoms in total. The average molecular weight is 536 g/mol. The van der Waals surface area contributed by atoms with Crippen LogP contribution < -0.4 is 9.64 Å². The number of likely N-dealkylation sites (tertiary alicyclic amines) is 1. The van der Waals surface area contributed by atoms with Crippen LogP contribution in [0.15, 0.2) is 42.5 Å².